The Balaban J connectivity index is 1.46. The van der Waals surface area contributed by atoms with Crippen LogP contribution in [0.25, 0.3) is 16.7 Å². The maximum Gasteiger partial charge on any atom is 0.265 e. The lowest BCUT2D eigenvalue weighted by molar-refractivity contribution is -0.116. The van der Waals surface area contributed by atoms with E-state index in [0.29, 0.717) is 32.8 Å². The second-order valence-corrected chi connectivity index (χ2v) is 8.70. The third-order valence-electron chi connectivity index (χ3n) is 4.73. The predicted octanol–water partition coefficient (Wildman–Crippen LogP) is 3.16. The normalized spacial score (nSPS) is 15.5. The summed E-state index contributed by atoms with van der Waals surface area (Å²) >= 11 is 2.79. The second-order valence-electron chi connectivity index (χ2n) is 6.85. The number of nitrogens with one attached hydrogen (secondary N) is 1. The van der Waals surface area contributed by atoms with E-state index in [1.807, 2.05) is 12.3 Å². The van der Waals surface area contributed by atoms with Gasteiger partial charge in [0.1, 0.15) is 11.2 Å². The minimum absolute atomic E-state index is 0.151. The molecule has 4 aromatic rings. The van der Waals surface area contributed by atoms with Crippen molar-refractivity contribution in [2.45, 2.75) is 24.5 Å². The molecule has 8 nitrogen and oxygen atoms in total. The van der Waals surface area contributed by atoms with Gasteiger partial charge in [0, 0.05) is 17.6 Å². The predicted molar refractivity (Wildman–Crippen MR) is 113 cm³/mol. The van der Waals surface area contributed by atoms with Gasteiger partial charge in [0.05, 0.1) is 23.6 Å². The van der Waals surface area contributed by atoms with Crippen molar-refractivity contribution >= 4 is 45.2 Å². The number of amides is 1. The molecule has 4 heterocycles. The van der Waals surface area contributed by atoms with Gasteiger partial charge in [-0.05, 0) is 31.2 Å². The molecule has 0 bridgehead atoms. The van der Waals surface area contributed by atoms with Gasteiger partial charge >= 0.3 is 0 Å². The summed E-state index contributed by atoms with van der Waals surface area (Å²) in [5.74, 6) is 0.0221. The Hall–Kier alpha value is -3.05. The fourth-order valence-corrected chi connectivity index (χ4v) is 5.18. The molecule has 5 rings (SSSR count). The number of anilines is 1. The number of hydrogen-bond acceptors (Lipinski definition) is 7. The first kappa shape index (κ1) is 18.9. The molecule has 1 aromatic carbocycles. The SMILES string of the molecule is Cc1csc(NC(=O)CC2CSc3nc4c(cnn4-c4ccc(F)cc4)c(=O)n32)n1. The van der Waals surface area contributed by atoms with E-state index in [1.165, 1.54) is 46.1 Å². The van der Waals surface area contributed by atoms with E-state index >= 15 is 0 Å². The number of thioether (sulfide) groups is 1. The average molecular weight is 443 g/mol. The molecular weight excluding hydrogens is 427 g/mol. The van der Waals surface area contributed by atoms with Crippen LogP contribution in [0.4, 0.5) is 9.52 Å². The lowest BCUT2D eigenvalue weighted by atomic mass is 10.2. The highest BCUT2D eigenvalue weighted by atomic mass is 32.2. The van der Waals surface area contributed by atoms with Gasteiger partial charge in [-0.15, -0.1) is 11.3 Å². The molecule has 1 amide bonds. The summed E-state index contributed by atoms with van der Waals surface area (Å²) in [4.78, 5) is 34.4. The van der Waals surface area contributed by atoms with Crippen molar-refractivity contribution in [1.82, 2.24) is 24.3 Å². The van der Waals surface area contributed by atoms with E-state index in [4.69, 9.17) is 0 Å². The first-order valence-electron chi connectivity index (χ1n) is 9.10. The lowest BCUT2D eigenvalue weighted by Gasteiger charge is -2.12. The number of rotatable bonds is 4. The van der Waals surface area contributed by atoms with Crippen LogP contribution < -0.4 is 10.9 Å². The molecule has 0 spiro atoms. The zero-order valence-electron chi connectivity index (χ0n) is 15.7. The fraction of sp³-hybridized carbons (Fsp3) is 0.211. The standard InChI is InChI=1S/C19H15FN6O2S2/c1-10-8-29-18(22-10)23-15(27)6-13-9-30-19-24-16-14(17(28)25(13)19)7-21-26(16)12-4-2-11(20)3-5-12/h2-5,7-8,13H,6,9H2,1H3,(H,22,23,27). The van der Waals surface area contributed by atoms with Crippen molar-refractivity contribution in [3.8, 4) is 5.69 Å². The van der Waals surface area contributed by atoms with Crippen LogP contribution in [0, 0.1) is 12.7 Å². The van der Waals surface area contributed by atoms with Crippen molar-refractivity contribution in [1.29, 1.82) is 0 Å². The van der Waals surface area contributed by atoms with Gasteiger partial charge < -0.3 is 5.32 Å². The summed E-state index contributed by atoms with van der Waals surface area (Å²) in [5, 5.41) is 10.3. The summed E-state index contributed by atoms with van der Waals surface area (Å²) in [6, 6.07) is 5.51. The molecular formula is C19H15FN6O2S2. The molecule has 1 aliphatic rings. The van der Waals surface area contributed by atoms with Crippen LogP contribution in [-0.2, 0) is 4.79 Å². The number of benzene rings is 1. The number of hydrogen-bond donors (Lipinski definition) is 1. The van der Waals surface area contributed by atoms with E-state index in [0.717, 1.165) is 5.69 Å². The summed E-state index contributed by atoms with van der Waals surface area (Å²) in [7, 11) is 0. The number of carbonyl (C=O) groups is 1. The number of halogens is 1. The Morgan fingerprint density at radius 1 is 1.30 bits per heavy atom. The maximum absolute atomic E-state index is 13.2. The molecule has 11 heteroatoms. The molecule has 1 aliphatic heterocycles. The Bertz CT molecular complexity index is 1330. The van der Waals surface area contributed by atoms with Crippen LogP contribution >= 0.6 is 23.1 Å². The summed E-state index contributed by atoms with van der Waals surface area (Å²) < 4.78 is 16.3. The van der Waals surface area contributed by atoms with Crippen molar-refractivity contribution in [2.75, 3.05) is 11.1 Å². The average Bonchev–Trinajstić information content (AvgIpc) is 3.42. The zero-order chi connectivity index (χ0) is 20.8. The number of carbonyl (C=O) groups excluding carboxylic acids is 1. The van der Waals surface area contributed by atoms with Crippen LogP contribution in [0.15, 0.2) is 45.8 Å². The number of fused-ring (bicyclic) bond motifs is 2. The van der Waals surface area contributed by atoms with Crippen LogP contribution in [0.3, 0.4) is 0 Å². The summed E-state index contributed by atoms with van der Waals surface area (Å²) in [6.45, 7) is 1.86. The van der Waals surface area contributed by atoms with Gasteiger partial charge in [0.2, 0.25) is 5.91 Å². The zero-order valence-corrected chi connectivity index (χ0v) is 17.3. The Morgan fingerprint density at radius 2 is 2.10 bits per heavy atom. The van der Waals surface area contributed by atoms with Crippen molar-refractivity contribution in [3.63, 3.8) is 0 Å². The molecule has 0 radical (unpaired) electrons. The van der Waals surface area contributed by atoms with Gasteiger partial charge in [-0.3, -0.25) is 14.2 Å². The van der Waals surface area contributed by atoms with Gasteiger partial charge in [-0.25, -0.2) is 19.0 Å². The molecule has 0 saturated carbocycles. The number of aryl methyl sites for hydroxylation is 1. The third-order valence-corrected chi connectivity index (χ3v) is 6.70. The van der Waals surface area contributed by atoms with E-state index in [9.17, 15) is 14.0 Å². The van der Waals surface area contributed by atoms with E-state index in [1.54, 1.807) is 16.7 Å². The quantitative estimate of drug-likeness (QED) is 0.488. The Morgan fingerprint density at radius 3 is 2.83 bits per heavy atom. The molecule has 3 aromatic heterocycles. The third kappa shape index (κ3) is 3.29. The topological polar surface area (TPSA) is 94.7 Å². The highest BCUT2D eigenvalue weighted by Crippen LogP contribution is 2.33. The first-order chi connectivity index (χ1) is 14.5. The van der Waals surface area contributed by atoms with Gasteiger partial charge in [-0.1, -0.05) is 11.8 Å². The van der Waals surface area contributed by atoms with E-state index in [-0.39, 0.29) is 29.7 Å². The van der Waals surface area contributed by atoms with Gasteiger partial charge in [0.25, 0.3) is 5.56 Å². The summed E-state index contributed by atoms with van der Waals surface area (Å²) in [6.07, 6.45) is 1.61. The Kier molecular flexibility index (Phi) is 4.63. The molecule has 1 unspecified atom stereocenters. The highest BCUT2D eigenvalue weighted by Gasteiger charge is 2.29. The maximum atomic E-state index is 13.2. The lowest BCUT2D eigenvalue weighted by Crippen LogP contribution is -2.27. The number of thiazole rings is 1. The van der Waals surface area contributed by atoms with E-state index in [2.05, 4.69) is 20.4 Å². The Labute approximate surface area is 177 Å². The monoisotopic (exact) mass is 442 g/mol. The van der Waals surface area contributed by atoms with Gasteiger partial charge in [-0.2, -0.15) is 5.10 Å². The first-order valence-corrected chi connectivity index (χ1v) is 11.0. The molecule has 0 aliphatic carbocycles. The van der Waals surface area contributed by atoms with Crippen LogP contribution in [0.2, 0.25) is 0 Å². The smallest absolute Gasteiger partial charge is 0.265 e. The molecule has 0 saturated heterocycles. The fourth-order valence-electron chi connectivity index (χ4n) is 3.35. The van der Waals surface area contributed by atoms with Crippen molar-refractivity contribution in [3.05, 3.63) is 57.7 Å². The van der Waals surface area contributed by atoms with Crippen molar-refractivity contribution in [2.24, 2.45) is 0 Å². The van der Waals surface area contributed by atoms with Crippen LogP contribution in [-0.4, -0.2) is 36.0 Å². The van der Waals surface area contributed by atoms with Gasteiger partial charge in [0.15, 0.2) is 15.9 Å². The second kappa shape index (κ2) is 7.33. The van der Waals surface area contributed by atoms with Crippen LogP contribution in [0.1, 0.15) is 18.2 Å². The van der Waals surface area contributed by atoms with Crippen LogP contribution in [0.5, 0.6) is 0 Å². The highest BCUT2D eigenvalue weighted by molar-refractivity contribution is 7.99. The molecule has 0 fully saturated rings. The molecule has 1 N–H and O–H groups in total. The molecule has 30 heavy (non-hydrogen) atoms. The molecule has 152 valence electrons. The summed E-state index contributed by atoms with van der Waals surface area (Å²) in [5.41, 5.74) is 1.63. The minimum Gasteiger partial charge on any atom is -0.302 e. The van der Waals surface area contributed by atoms with E-state index < -0.39 is 0 Å². The minimum atomic E-state index is -0.353. The number of nitrogens with zero attached hydrogens (tertiary/aromatic N) is 5. The number of aromatic nitrogens is 5. The van der Waals surface area contributed by atoms with Crippen molar-refractivity contribution < 1.29 is 9.18 Å². The largest absolute Gasteiger partial charge is 0.302 e. The molecule has 1 atom stereocenters.